The monoisotopic (exact) mass is 398 g/mol. The third-order valence-corrected chi connectivity index (χ3v) is 4.73. The van der Waals surface area contributed by atoms with Crippen LogP contribution in [0.4, 0.5) is 0 Å². The topological polar surface area (TPSA) is 107 Å². The highest BCUT2D eigenvalue weighted by molar-refractivity contribution is 6.03. The molecule has 0 aliphatic carbocycles. The zero-order valence-corrected chi connectivity index (χ0v) is 15.9. The molecule has 0 aromatic carbocycles. The lowest BCUT2D eigenvalue weighted by molar-refractivity contribution is 0.0946. The first-order valence-corrected chi connectivity index (χ1v) is 9.55. The summed E-state index contributed by atoms with van der Waals surface area (Å²) >= 11 is 0. The zero-order chi connectivity index (χ0) is 21.4. The van der Waals surface area contributed by atoms with Gasteiger partial charge < -0.3 is 20.4 Å². The maximum atomic E-state index is 12.6. The van der Waals surface area contributed by atoms with Crippen molar-refractivity contribution in [3.8, 4) is 0 Å². The highest BCUT2D eigenvalue weighted by Crippen LogP contribution is 2.19. The molecule has 7 heteroatoms. The SMILES string of the molecule is [2H]C1=Cc2cc3ccc(cc4nc(cc5[nH]c(cc1n2)cc5C(=O)NCCO)C=C4)[nH]3. The van der Waals surface area contributed by atoms with E-state index in [4.69, 9.17) is 6.48 Å². The number of carbonyl (C=O) groups excluding carboxylic acids is 1. The Morgan fingerprint density at radius 3 is 2.33 bits per heavy atom. The van der Waals surface area contributed by atoms with Crippen LogP contribution in [-0.4, -0.2) is 44.1 Å². The van der Waals surface area contributed by atoms with Crippen molar-refractivity contribution in [3.63, 3.8) is 0 Å². The minimum absolute atomic E-state index is 0.142. The second-order valence-electron chi connectivity index (χ2n) is 6.98. The predicted molar refractivity (Wildman–Crippen MR) is 118 cm³/mol. The molecule has 5 heterocycles. The first kappa shape index (κ1) is 16.9. The maximum absolute atomic E-state index is 12.6. The smallest absolute Gasteiger partial charge is 0.253 e. The molecular formula is C23H19N5O2. The maximum Gasteiger partial charge on any atom is 0.253 e. The standard InChI is InChI=1S/C23H19N5O2/c29-8-7-24-23(30)21-12-20-11-18-4-3-16(26-18)9-14-1-2-15(25-14)10-17-5-6-19(27-17)13-22(21)28-20/h1-6,9-13,25,28-29H,7-8H2,(H,24,30)/i4D. The fraction of sp³-hybridized carbons (Fsp3) is 0.0870. The largest absolute Gasteiger partial charge is 0.395 e. The van der Waals surface area contributed by atoms with Gasteiger partial charge in [-0.25, -0.2) is 9.97 Å². The van der Waals surface area contributed by atoms with Crippen molar-refractivity contribution in [2.24, 2.45) is 0 Å². The van der Waals surface area contributed by atoms with Crippen LogP contribution in [-0.2, 0) is 0 Å². The molecule has 2 aliphatic rings. The predicted octanol–water partition coefficient (Wildman–Crippen LogP) is 3.38. The molecule has 3 aromatic rings. The molecule has 0 fully saturated rings. The van der Waals surface area contributed by atoms with E-state index in [2.05, 4.69) is 25.3 Å². The number of carbonyl (C=O) groups is 1. The summed E-state index contributed by atoms with van der Waals surface area (Å²) in [4.78, 5) is 28.3. The van der Waals surface area contributed by atoms with Crippen molar-refractivity contribution >= 4 is 52.3 Å². The van der Waals surface area contributed by atoms with E-state index in [0.717, 1.165) is 16.7 Å². The number of hydrogen-bond acceptors (Lipinski definition) is 4. The minimum atomic E-state index is -0.304. The molecule has 30 heavy (non-hydrogen) atoms. The van der Waals surface area contributed by atoms with E-state index < -0.39 is 0 Å². The Morgan fingerprint density at radius 1 is 0.900 bits per heavy atom. The first-order chi connectivity index (χ1) is 15.1. The fourth-order valence-corrected chi connectivity index (χ4v) is 3.40. The van der Waals surface area contributed by atoms with Gasteiger partial charge >= 0.3 is 0 Å². The molecule has 5 rings (SSSR count). The average Bonchev–Trinajstić information content (AvgIpc) is 3.51. The molecule has 0 spiro atoms. The quantitative estimate of drug-likeness (QED) is 0.424. The summed E-state index contributed by atoms with van der Waals surface area (Å²) in [6.07, 6.45) is 5.49. The second-order valence-corrected chi connectivity index (χ2v) is 6.98. The Kier molecular flexibility index (Phi) is 4.21. The molecule has 8 bridgehead atoms. The molecule has 148 valence electrons. The summed E-state index contributed by atoms with van der Waals surface area (Å²) in [5.41, 5.74) is 6.11. The summed E-state index contributed by atoms with van der Waals surface area (Å²) in [6, 6.07) is 13.3. The lowest BCUT2D eigenvalue weighted by atomic mass is 10.2. The van der Waals surface area contributed by atoms with E-state index >= 15 is 0 Å². The molecule has 1 amide bonds. The van der Waals surface area contributed by atoms with E-state index in [1.54, 1.807) is 24.3 Å². The summed E-state index contributed by atoms with van der Waals surface area (Å²) in [6.45, 7) is 0.0195. The number of aliphatic hydroxyl groups excluding tert-OH is 1. The molecule has 2 aliphatic heterocycles. The number of rotatable bonds is 3. The summed E-state index contributed by atoms with van der Waals surface area (Å²) in [5.74, 6) is -0.304. The lowest BCUT2D eigenvalue weighted by Gasteiger charge is -2.00. The van der Waals surface area contributed by atoms with Gasteiger partial charge in [0.1, 0.15) is 0 Å². The third-order valence-electron chi connectivity index (χ3n) is 4.73. The number of aromatic amines is 2. The van der Waals surface area contributed by atoms with Crippen molar-refractivity contribution in [2.75, 3.05) is 13.2 Å². The van der Waals surface area contributed by atoms with Gasteiger partial charge in [-0.3, -0.25) is 4.79 Å². The molecule has 7 nitrogen and oxygen atoms in total. The number of fused-ring (bicyclic) bond motifs is 8. The van der Waals surface area contributed by atoms with Crippen LogP contribution in [0, 0.1) is 0 Å². The van der Waals surface area contributed by atoms with Crippen LogP contribution in [0.2, 0.25) is 0 Å². The Bertz CT molecular complexity index is 1410. The van der Waals surface area contributed by atoms with E-state index in [0.29, 0.717) is 39.7 Å². The van der Waals surface area contributed by atoms with Crippen LogP contribution in [0.25, 0.3) is 46.3 Å². The van der Waals surface area contributed by atoms with Gasteiger partial charge in [0.05, 0.1) is 41.8 Å². The van der Waals surface area contributed by atoms with Crippen molar-refractivity contribution in [2.45, 2.75) is 0 Å². The second kappa shape index (κ2) is 7.46. The van der Waals surface area contributed by atoms with Gasteiger partial charge in [0, 0.05) is 23.1 Å². The normalized spacial score (nSPS) is 13.1. The van der Waals surface area contributed by atoms with Crippen molar-refractivity contribution in [3.05, 3.63) is 70.8 Å². The van der Waals surface area contributed by atoms with Crippen molar-refractivity contribution in [1.29, 1.82) is 0 Å². The van der Waals surface area contributed by atoms with Crippen LogP contribution in [0.5, 0.6) is 0 Å². The first-order valence-electron chi connectivity index (χ1n) is 10.1. The molecule has 4 N–H and O–H groups in total. The number of aromatic nitrogens is 4. The average molecular weight is 398 g/mol. The van der Waals surface area contributed by atoms with Gasteiger partial charge in [-0.05, 0) is 66.7 Å². The Balaban J connectivity index is 1.79. The number of hydrogen-bond donors (Lipinski definition) is 4. The molecule has 0 atom stereocenters. The van der Waals surface area contributed by atoms with Gasteiger partial charge in [-0.2, -0.15) is 0 Å². The van der Waals surface area contributed by atoms with Crippen LogP contribution < -0.4 is 5.32 Å². The number of amides is 1. The summed E-state index contributed by atoms with van der Waals surface area (Å²) in [7, 11) is 0. The van der Waals surface area contributed by atoms with Crippen LogP contribution in [0.3, 0.4) is 0 Å². The van der Waals surface area contributed by atoms with E-state index in [9.17, 15) is 4.79 Å². The Morgan fingerprint density at radius 2 is 1.57 bits per heavy atom. The van der Waals surface area contributed by atoms with Crippen LogP contribution in [0.1, 0.15) is 34.5 Å². The molecule has 0 saturated carbocycles. The molecular weight excluding hydrogens is 378 g/mol. The van der Waals surface area contributed by atoms with Crippen LogP contribution in [0.15, 0.2) is 42.5 Å². The van der Waals surface area contributed by atoms with Gasteiger partial charge in [-0.15, -0.1) is 0 Å². The number of H-pyrrole nitrogens is 2. The highest BCUT2D eigenvalue weighted by Gasteiger charge is 2.11. The van der Waals surface area contributed by atoms with E-state index in [-0.39, 0.29) is 19.1 Å². The zero-order valence-electron chi connectivity index (χ0n) is 16.9. The number of aliphatic hydroxyl groups is 1. The van der Waals surface area contributed by atoms with Gasteiger partial charge in [-0.1, -0.05) is 0 Å². The van der Waals surface area contributed by atoms with E-state index in [1.807, 2.05) is 36.4 Å². The van der Waals surface area contributed by atoms with Gasteiger partial charge in [0.2, 0.25) is 0 Å². The Labute approximate surface area is 173 Å². The highest BCUT2D eigenvalue weighted by atomic mass is 16.3. The summed E-state index contributed by atoms with van der Waals surface area (Å²) < 4.78 is 8.25. The van der Waals surface area contributed by atoms with Crippen molar-refractivity contribution < 1.29 is 11.3 Å². The Hall–Kier alpha value is -3.97. The lowest BCUT2D eigenvalue weighted by Crippen LogP contribution is -2.26. The number of nitrogens with zero attached hydrogens (tertiary/aromatic N) is 2. The molecule has 0 unspecified atom stereocenters. The number of nitrogens with one attached hydrogen (secondary N) is 3. The van der Waals surface area contributed by atoms with Crippen molar-refractivity contribution in [1.82, 2.24) is 25.3 Å². The van der Waals surface area contributed by atoms with Gasteiger partial charge in [0.15, 0.2) is 0 Å². The fourth-order valence-electron chi connectivity index (χ4n) is 3.40. The summed E-state index contributed by atoms with van der Waals surface area (Å²) in [5, 5.41) is 11.7. The molecule has 3 aromatic heterocycles. The van der Waals surface area contributed by atoms with E-state index in [1.165, 1.54) is 0 Å². The third kappa shape index (κ3) is 3.66. The minimum Gasteiger partial charge on any atom is -0.395 e. The molecule has 0 radical (unpaired) electrons. The van der Waals surface area contributed by atoms with Gasteiger partial charge in [0.25, 0.3) is 5.91 Å². The molecule has 0 saturated heterocycles. The van der Waals surface area contributed by atoms with Crippen LogP contribution >= 0.6 is 0 Å².